The molecule has 0 spiro atoms. The molecule has 24 heavy (non-hydrogen) atoms. The number of nitro groups is 2. The predicted molar refractivity (Wildman–Crippen MR) is 82.8 cm³/mol. The molecule has 1 amide bonds. The highest BCUT2D eigenvalue weighted by molar-refractivity contribution is 5.89. The first-order valence-corrected chi connectivity index (χ1v) is 6.56. The highest BCUT2D eigenvalue weighted by atomic mass is 16.6. The van der Waals surface area contributed by atoms with Gasteiger partial charge in [-0.05, 0) is 13.8 Å². The number of carboxylic acid groups (broad SMARTS) is 1. The number of carbonyl (C=O) groups is 2. The summed E-state index contributed by atoms with van der Waals surface area (Å²) in [6.45, 7) is 2.58. The van der Waals surface area contributed by atoms with Crippen molar-refractivity contribution < 1.29 is 24.5 Å². The lowest BCUT2D eigenvalue weighted by Crippen LogP contribution is -2.33. The molecule has 12 nitrogen and oxygen atoms in total. The number of nitrogens with zero attached hydrogens (tertiary/aromatic N) is 2. The Labute approximate surface area is 134 Å². The Kier molecular flexibility index (Phi) is 5.59. The van der Waals surface area contributed by atoms with Crippen LogP contribution in [0.4, 0.5) is 22.7 Å². The number of nitrogens with two attached hydrogens (primary N) is 1. The molecule has 0 aromatic heterocycles. The van der Waals surface area contributed by atoms with Crippen molar-refractivity contribution in [3.05, 3.63) is 32.4 Å². The molecule has 2 atom stereocenters. The number of primary amides is 1. The highest BCUT2D eigenvalue weighted by Gasteiger charge is 2.27. The number of nitrogens with one attached hydrogen (secondary N) is 2. The lowest BCUT2D eigenvalue weighted by Gasteiger charge is -2.18. The third-order valence-electron chi connectivity index (χ3n) is 3.04. The van der Waals surface area contributed by atoms with E-state index in [1.165, 1.54) is 13.8 Å². The van der Waals surface area contributed by atoms with Crippen LogP contribution in [0.5, 0.6) is 0 Å². The van der Waals surface area contributed by atoms with Gasteiger partial charge in [-0.2, -0.15) is 0 Å². The fourth-order valence-electron chi connectivity index (χ4n) is 1.71. The Bertz CT molecular complexity index is 705. The van der Waals surface area contributed by atoms with Gasteiger partial charge in [-0.3, -0.25) is 29.8 Å². The van der Waals surface area contributed by atoms with E-state index in [0.29, 0.717) is 6.07 Å². The van der Waals surface area contributed by atoms with Crippen molar-refractivity contribution in [3.8, 4) is 0 Å². The van der Waals surface area contributed by atoms with Gasteiger partial charge in [-0.25, -0.2) is 0 Å². The van der Waals surface area contributed by atoms with Crippen molar-refractivity contribution in [2.45, 2.75) is 25.9 Å². The van der Waals surface area contributed by atoms with E-state index in [0.717, 1.165) is 6.07 Å². The largest absolute Gasteiger partial charge is 0.480 e. The van der Waals surface area contributed by atoms with Gasteiger partial charge in [0, 0.05) is 6.07 Å². The maximum atomic E-state index is 11.2. The SMILES string of the molecule is C[C@H](Nc1c(N[C@H](C)C(=O)O)cc([N+](=O)[O-])cc1[N+](=O)[O-])C(N)=O. The van der Waals surface area contributed by atoms with Gasteiger partial charge in [0.05, 0.1) is 21.6 Å². The van der Waals surface area contributed by atoms with Crippen molar-refractivity contribution in [1.29, 1.82) is 0 Å². The maximum absolute atomic E-state index is 11.2. The van der Waals surface area contributed by atoms with Gasteiger partial charge >= 0.3 is 11.7 Å². The number of benzene rings is 1. The van der Waals surface area contributed by atoms with Crippen LogP contribution in [0.15, 0.2) is 12.1 Å². The summed E-state index contributed by atoms with van der Waals surface area (Å²) in [5, 5.41) is 36.0. The molecule has 0 unspecified atom stereocenters. The van der Waals surface area contributed by atoms with E-state index in [1.54, 1.807) is 0 Å². The molecule has 0 aliphatic rings. The Morgan fingerprint density at radius 1 is 1.12 bits per heavy atom. The average molecular weight is 341 g/mol. The molecule has 1 rings (SSSR count). The second-order valence-electron chi connectivity index (χ2n) is 4.87. The Morgan fingerprint density at radius 2 is 1.71 bits per heavy atom. The van der Waals surface area contributed by atoms with E-state index < -0.39 is 45.2 Å². The lowest BCUT2D eigenvalue weighted by atomic mass is 10.1. The summed E-state index contributed by atoms with van der Waals surface area (Å²) in [5.41, 5.74) is 3.30. The zero-order chi connectivity index (χ0) is 18.6. The minimum absolute atomic E-state index is 0.209. The number of carboxylic acids is 1. The third-order valence-corrected chi connectivity index (χ3v) is 3.04. The first kappa shape index (κ1) is 18.6. The number of aliphatic carboxylic acids is 1. The van der Waals surface area contributed by atoms with Gasteiger partial charge in [0.15, 0.2) is 0 Å². The van der Waals surface area contributed by atoms with Crippen molar-refractivity contribution in [2.75, 3.05) is 10.6 Å². The molecule has 0 heterocycles. The van der Waals surface area contributed by atoms with Crippen molar-refractivity contribution >= 4 is 34.6 Å². The van der Waals surface area contributed by atoms with Gasteiger partial charge in [0.25, 0.3) is 5.69 Å². The molecule has 0 aliphatic heterocycles. The first-order valence-electron chi connectivity index (χ1n) is 6.56. The number of carbonyl (C=O) groups excluding carboxylic acids is 1. The molecule has 12 heteroatoms. The zero-order valence-corrected chi connectivity index (χ0v) is 12.7. The lowest BCUT2D eigenvalue weighted by molar-refractivity contribution is -0.393. The van der Waals surface area contributed by atoms with Crippen LogP contribution in [0.3, 0.4) is 0 Å². The monoisotopic (exact) mass is 341 g/mol. The van der Waals surface area contributed by atoms with Gasteiger partial charge in [0.2, 0.25) is 5.91 Å². The molecule has 0 saturated heterocycles. The Morgan fingerprint density at radius 3 is 2.12 bits per heavy atom. The number of non-ortho nitro benzene ring substituents is 1. The quantitative estimate of drug-likeness (QED) is 0.388. The third kappa shape index (κ3) is 4.28. The van der Waals surface area contributed by atoms with Crippen LogP contribution >= 0.6 is 0 Å². The molecule has 130 valence electrons. The van der Waals surface area contributed by atoms with Gasteiger partial charge in [-0.1, -0.05) is 0 Å². The molecule has 0 saturated carbocycles. The van der Waals surface area contributed by atoms with E-state index in [9.17, 15) is 29.8 Å². The molecular formula is C12H15N5O7. The number of hydrogen-bond acceptors (Lipinski definition) is 8. The fourth-order valence-corrected chi connectivity index (χ4v) is 1.71. The molecule has 0 bridgehead atoms. The van der Waals surface area contributed by atoms with Crippen LogP contribution in [-0.4, -0.2) is 38.9 Å². The summed E-state index contributed by atoms with van der Waals surface area (Å²) in [6.07, 6.45) is 0. The fraction of sp³-hybridized carbons (Fsp3) is 0.333. The smallest absolute Gasteiger partial charge is 0.325 e. The first-order chi connectivity index (χ1) is 11.0. The second kappa shape index (κ2) is 7.21. The number of rotatable bonds is 8. The molecule has 5 N–H and O–H groups in total. The summed E-state index contributed by atoms with van der Waals surface area (Å²) < 4.78 is 0. The predicted octanol–water partition coefficient (Wildman–Crippen LogP) is 0.674. The topological polar surface area (TPSA) is 191 Å². The van der Waals surface area contributed by atoms with Gasteiger partial charge in [0.1, 0.15) is 17.8 Å². The van der Waals surface area contributed by atoms with E-state index in [-0.39, 0.29) is 11.4 Å². The van der Waals surface area contributed by atoms with Crippen molar-refractivity contribution in [1.82, 2.24) is 0 Å². The number of nitro benzene ring substituents is 2. The number of anilines is 2. The second-order valence-corrected chi connectivity index (χ2v) is 4.87. The summed E-state index contributed by atoms with van der Waals surface area (Å²) in [6, 6.07) is -0.600. The molecular weight excluding hydrogens is 326 g/mol. The Balaban J connectivity index is 3.53. The minimum Gasteiger partial charge on any atom is -0.480 e. The van der Waals surface area contributed by atoms with E-state index in [2.05, 4.69) is 10.6 Å². The van der Waals surface area contributed by atoms with Gasteiger partial charge < -0.3 is 21.5 Å². The van der Waals surface area contributed by atoms with Crippen LogP contribution in [0.25, 0.3) is 0 Å². The summed E-state index contributed by atoms with van der Waals surface area (Å²) >= 11 is 0. The van der Waals surface area contributed by atoms with E-state index >= 15 is 0 Å². The number of hydrogen-bond donors (Lipinski definition) is 4. The van der Waals surface area contributed by atoms with Gasteiger partial charge in [-0.15, -0.1) is 0 Å². The van der Waals surface area contributed by atoms with Crippen molar-refractivity contribution in [2.24, 2.45) is 5.73 Å². The molecule has 0 fully saturated rings. The minimum atomic E-state index is -1.28. The van der Waals surface area contributed by atoms with Crippen LogP contribution < -0.4 is 16.4 Å². The van der Waals surface area contributed by atoms with Crippen LogP contribution in [0.1, 0.15) is 13.8 Å². The average Bonchev–Trinajstić information content (AvgIpc) is 2.47. The summed E-state index contributed by atoms with van der Waals surface area (Å²) in [4.78, 5) is 42.5. The van der Waals surface area contributed by atoms with Crippen LogP contribution in [0, 0.1) is 20.2 Å². The normalized spacial score (nSPS) is 12.8. The molecule has 0 radical (unpaired) electrons. The highest BCUT2D eigenvalue weighted by Crippen LogP contribution is 2.37. The van der Waals surface area contributed by atoms with Crippen LogP contribution in [0.2, 0.25) is 0 Å². The molecule has 1 aromatic rings. The Hall–Kier alpha value is -3.44. The summed E-state index contributed by atoms with van der Waals surface area (Å²) in [5.74, 6) is -2.10. The van der Waals surface area contributed by atoms with Crippen molar-refractivity contribution in [3.63, 3.8) is 0 Å². The summed E-state index contributed by atoms with van der Waals surface area (Å²) in [7, 11) is 0. The van der Waals surface area contributed by atoms with E-state index in [1.807, 2.05) is 0 Å². The molecule has 0 aliphatic carbocycles. The van der Waals surface area contributed by atoms with E-state index in [4.69, 9.17) is 10.8 Å². The maximum Gasteiger partial charge on any atom is 0.325 e. The number of amides is 1. The van der Waals surface area contributed by atoms with Crippen LogP contribution in [-0.2, 0) is 9.59 Å². The zero-order valence-electron chi connectivity index (χ0n) is 12.7. The molecule has 1 aromatic carbocycles. The standard InChI is InChI=1S/C12H15N5O7/c1-5(11(13)18)15-10-8(14-6(2)12(19)20)3-7(16(21)22)4-9(10)17(23)24/h3-6,14-15H,1-2H3,(H2,13,18)(H,19,20)/t5-,6+/m0/s1.